The third-order valence-corrected chi connectivity index (χ3v) is 5.99. The Kier molecular flexibility index (Phi) is 5.49. The fraction of sp³-hybridized carbons (Fsp3) is 0.318. The minimum absolute atomic E-state index is 0.0277. The summed E-state index contributed by atoms with van der Waals surface area (Å²) in [5, 5.41) is 3.42. The van der Waals surface area contributed by atoms with Gasteiger partial charge in [0.25, 0.3) is 0 Å². The molecule has 1 fully saturated rings. The number of rotatable bonds is 6. The van der Waals surface area contributed by atoms with Gasteiger partial charge < -0.3 is 15.0 Å². The van der Waals surface area contributed by atoms with Crippen molar-refractivity contribution >= 4 is 44.2 Å². The minimum Gasteiger partial charge on any atom is -0.494 e. The van der Waals surface area contributed by atoms with E-state index in [0.29, 0.717) is 18.3 Å². The van der Waals surface area contributed by atoms with E-state index in [1.165, 1.54) is 16.9 Å². The summed E-state index contributed by atoms with van der Waals surface area (Å²) in [5.41, 5.74) is 2.87. The standard InChI is InChI=1S/C22H23N3O3S/c1-3-14-5-7-16(8-6-14)25-13-15(11-20(25)26)21(27)24-22-23-18-10-9-17(28-4-2)12-19(18)29-22/h5-10,12,15H,3-4,11,13H2,1-2H3,(H,23,24,27)/t15-/m0/s1. The van der Waals surface area contributed by atoms with Crippen molar-refractivity contribution in [3.63, 3.8) is 0 Å². The molecule has 0 unspecified atom stereocenters. The Morgan fingerprint density at radius 3 is 2.76 bits per heavy atom. The van der Waals surface area contributed by atoms with Gasteiger partial charge in [0.1, 0.15) is 5.75 Å². The van der Waals surface area contributed by atoms with Crippen LogP contribution in [0, 0.1) is 5.92 Å². The van der Waals surface area contributed by atoms with Gasteiger partial charge >= 0.3 is 0 Å². The largest absolute Gasteiger partial charge is 0.494 e. The predicted molar refractivity (Wildman–Crippen MR) is 116 cm³/mol. The van der Waals surface area contributed by atoms with Crippen LogP contribution in [0.5, 0.6) is 5.75 Å². The van der Waals surface area contributed by atoms with Crippen molar-refractivity contribution in [1.82, 2.24) is 4.98 Å². The average molecular weight is 410 g/mol. The molecule has 1 saturated heterocycles. The topological polar surface area (TPSA) is 71.5 Å². The molecule has 29 heavy (non-hydrogen) atoms. The highest BCUT2D eigenvalue weighted by Crippen LogP contribution is 2.31. The summed E-state index contributed by atoms with van der Waals surface area (Å²) in [7, 11) is 0. The molecule has 2 heterocycles. The van der Waals surface area contributed by atoms with Crippen molar-refractivity contribution in [3.05, 3.63) is 48.0 Å². The van der Waals surface area contributed by atoms with Crippen molar-refractivity contribution in [2.75, 3.05) is 23.4 Å². The number of nitrogens with one attached hydrogen (secondary N) is 1. The van der Waals surface area contributed by atoms with E-state index < -0.39 is 0 Å². The van der Waals surface area contributed by atoms with Crippen molar-refractivity contribution in [1.29, 1.82) is 0 Å². The Hall–Kier alpha value is -2.93. The molecule has 0 bridgehead atoms. The maximum absolute atomic E-state index is 12.7. The molecule has 1 aliphatic heterocycles. The van der Waals surface area contributed by atoms with E-state index in [1.54, 1.807) is 4.90 Å². The lowest BCUT2D eigenvalue weighted by molar-refractivity contribution is -0.122. The Morgan fingerprint density at radius 1 is 1.24 bits per heavy atom. The molecule has 6 nitrogen and oxygen atoms in total. The maximum atomic E-state index is 12.7. The smallest absolute Gasteiger partial charge is 0.231 e. The lowest BCUT2D eigenvalue weighted by Gasteiger charge is -2.17. The van der Waals surface area contributed by atoms with Gasteiger partial charge in [-0.1, -0.05) is 30.4 Å². The number of nitrogens with zero attached hydrogens (tertiary/aromatic N) is 2. The molecular weight excluding hydrogens is 386 g/mol. The number of benzene rings is 2. The molecule has 1 aliphatic rings. The van der Waals surface area contributed by atoms with Crippen LogP contribution in [0.25, 0.3) is 10.2 Å². The maximum Gasteiger partial charge on any atom is 0.231 e. The van der Waals surface area contributed by atoms with Gasteiger partial charge in [0.15, 0.2) is 5.13 Å². The Labute approximate surface area is 173 Å². The predicted octanol–water partition coefficient (Wildman–Crippen LogP) is 4.25. The molecule has 3 aromatic rings. The summed E-state index contributed by atoms with van der Waals surface area (Å²) < 4.78 is 6.46. The summed E-state index contributed by atoms with van der Waals surface area (Å²) >= 11 is 1.40. The molecule has 4 rings (SSSR count). The number of carbonyl (C=O) groups is 2. The lowest BCUT2D eigenvalue weighted by atomic mass is 10.1. The lowest BCUT2D eigenvalue weighted by Crippen LogP contribution is -2.28. The summed E-state index contributed by atoms with van der Waals surface area (Å²) in [6.45, 7) is 5.01. The van der Waals surface area contributed by atoms with Crippen LogP contribution in [0.1, 0.15) is 25.8 Å². The Morgan fingerprint density at radius 2 is 2.03 bits per heavy atom. The zero-order valence-corrected chi connectivity index (χ0v) is 17.3. The third-order valence-electron chi connectivity index (χ3n) is 5.05. The van der Waals surface area contributed by atoms with Gasteiger partial charge in [-0.05, 0) is 49.2 Å². The highest BCUT2D eigenvalue weighted by molar-refractivity contribution is 7.22. The van der Waals surface area contributed by atoms with Crippen molar-refractivity contribution < 1.29 is 14.3 Å². The van der Waals surface area contributed by atoms with E-state index in [9.17, 15) is 9.59 Å². The zero-order chi connectivity index (χ0) is 20.4. The van der Waals surface area contributed by atoms with Crippen LogP contribution in [0.3, 0.4) is 0 Å². The van der Waals surface area contributed by atoms with Crippen LogP contribution in [-0.2, 0) is 16.0 Å². The van der Waals surface area contributed by atoms with Gasteiger partial charge in [-0.2, -0.15) is 0 Å². The molecule has 0 aliphatic carbocycles. The second-order valence-corrected chi connectivity index (χ2v) is 8.03. The molecule has 0 spiro atoms. The first-order chi connectivity index (χ1) is 14.1. The van der Waals surface area contributed by atoms with E-state index in [0.717, 1.165) is 28.1 Å². The molecule has 0 saturated carbocycles. The molecule has 1 N–H and O–H groups in total. The van der Waals surface area contributed by atoms with Crippen molar-refractivity contribution in [3.8, 4) is 5.75 Å². The monoisotopic (exact) mass is 409 g/mol. The number of hydrogen-bond donors (Lipinski definition) is 1. The second kappa shape index (κ2) is 8.21. The number of hydrogen-bond acceptors (Lipinski definition) is 5. The van der Waals surface area contributed by atoms with Gasteiger partial charge in [-0.25, -0.2) is 4.98 Å². The van der Waals surface area contributed by atoms with Crippen LogP contribution < -0.4 is 15.0 Å². The summed E-state index contributed by atoms with van der Waals surface area (Å²) in [4.78, 5) is 31.4. The number of anilines is 2. The number of amides is 2. The first-order valence-corrected chi connectivity index (χ1v) is 10.6. The second-order valence-electron chi connectivity index (χ2n) is 7.00. The van der Waals surface area contributed by atoms with E-state index >= 15 is 0 Å². The van der Waals surface area contributed by atoms with Gasteiger partial charge in [-0.3, -0.25) is 9.59 Å². The van der Waals surface area contributed by atoms with Crippen molar-refractivity contribution in [2.45, 2.75) is 26.7 Å². The normalized spacial score (nSPS) is 16.4. The van der Waals surface area contributed by atoms with Gasteiger partial charge in [0.2, 0.25) is 11.8 Å². The summed E-state index contributed by atoms with van der Waals surface area (Å²) in [5.74, 6) is 0.196. The first-order valence-electron chi connectivity index (χ1n) is 9.81. The number of aromatic nitrogens is 1. The minimum atomic E-state index is -0.389. The van der Waals surface area contributed by atoms with Crippen LogP contribution >= 0.6 is 11.3 Å². The van der Waals surface area contributed by atoms with Gasteiger partial charge in [0.05, 0.1) is 22.7 Å². The molecule has 0 radical (unpaired) electrons. The number of carbonyl (C=O) groups excluding carboxylic acids is 2. The fourth-order valence-electron chi connectivity index (χ4n) is 3.47. The molecule has 150 valence electrons. The van der Waals surface area contributed by atoms with Crippen LogP contribution in [0.15, 0.2) is 42.5 Å². The van der Waals surface area contributed by atoms with E-state index in [-0.39, 0.29) is 24.2 Å². The third kappa shape index (κ3) is 4.10. The fourth-order valence-corrected chi connectivity index (χ4v) is 4.36. The summed E-state index contributed by atoms with van der Waals surface area (Å²) in [6, 6.07) is 13.6. The zero-order valence-electron chi connectivity index (χ0n) is 16.5. The van der Waals surface area contributed by atoms with E-state index in [4.69, 9.17) is 4.74 Å². The Balaban J connectivity index is 1.44. The molecular formula is C22H23N3O3S. The van der Waals surface area contributed by atoms with Gasteiger partial charge in [-0.15, -0.1) is 0 Å². The number of thiazole rings is 1. The average Bonchev–Trinajstić information content (AvgIpc) is 3.31. The summed E-state index contributed by atoms with van der Waals surface area (Å²) in [6.07, 6.45) is 1.16. The van der Waals surface area contributed by atoms with E-state index in [2.05, 4.69) is 17.2 Å². The molecule has 1 atom stereocenters. The molecule has 1 aromatic heterocycles. The quantitative estimate of drug-likeness (QED) is 0.661. The number of ether oxygens (including phenoxy) is 1. The van der Waals surface area contributed by atoms with Crippen molar-refractivity contribution in [2.24, 2.45) is 5.92 Å². The van der Waals surface area contributed by atoms with E-state index in [1.807, 2.05) is 49.4 Å². The van der Waals surface area contributed by atoms with Gasteiger partial charge in [0, 0.05) is 18.7 Å². The molecule has 2 aromatic carbocycles. The molecule has 7 heteroatoms. The number of aryl methyl sites for hydroxylation is 1. The van der Waals surface area contributed by atoms with Crippen LogP contribution in [-0.4, -0.2) is 29.9 Å². The SMILES string of the molecule is CCOc1ccc2nc(NC(=O)[C@H]3CC(=O)N(c4ccc(CC)cc4)C3)sc2c1. The van der Waals surface area contributed by atoms with Crippen LogP contribution in [0.4, 0.5) is 10.8 Å². The van der Waals surface area contributed by atoms with Crippen LogP contribution in [0.2, 0.25) is 0 Å². The first kappa shape index (κ1) is 19.4. The molecule has 2 amide bonds. The highest BCUT2D eigenvalue weighted by atomic mass is 32.1. The number of fused-ring (bicyclic) bond motifs is 1. The Bertz CT molecular complexity index is 1050. The highest BCUT2D eigenvalue weighted by Gasteiger charge is 2.35.